The first kappa shape index (κ1) is 18.8. The quantitative estimate of drug-likeness (QED) is 0.649. The van der Waals surface area contributed by atoms with E-state index in [2.05, 4.69) is 30.5 Å². The molecule has 1 aliphatic rings. The van der Waals surface area contributed by atoms with Crippen LogP contribution in [-0.4, -0.2) is 42.5 Å². The number of H-pyrrole nitrogens is 1. The van der Waals surface area contributed by atoms with E-state index in [1.165, 1.54) is 0 Å². The summed E-state index contributed by atoms with van der Waals surface area (Å²) in [5.41, 5.74) is 2.70. The molecule has 8 nitrogen and oxygen atoms in total. The van der Waals surface area contributed by atoms with Gasteiger partial charge in [-0.1, -0.05) is 6.07 Å². The minimum Gasteiger partial charge on any atom is -0.331 e. The predicted molar refractivity (Wildman–Crippen MR) is 110 cm³/mol. The highest BCUT2D eigenvalue weighted by Crippen LogP contribution is 2.32. The Morgan fingerprint density at radius 1 is 1.28 bits per heavy atom. The van der Waals surface area contributed by atoms with Crippen LogP contribution < -0.4 is 5.32 Å². The minimum absolute atomic E-state index is 0.0231. The summed E-state index contributed by atoms with van der Waals surface area (Å²) in [4.78, 5) is 27.8. The number of anilines is 2. The van der Waals surface area contributed by atoms with Gasteiger partial charge in [-0.2, -0.15) is 5.10 Å². The Morgan fingerprint density at radius 3 is 2.93 bits per heavy atom. The molecule has 1 aliphatic heterocycles. The Hall–Kier alpha value is -3.55. The zero-order valence-electron chi connectivity index (χ0n) is 16.5. The summed E-state index contributed by atoms with van der Waals surface area (Å²) in [7, 11) is 0. The highest BCUT2D eigenvalue weighted by molar-refractivity contribution is 5.92. The highest BCUT2D eigenvalue weighted by atomic mass is 16.2. The van der Waals surface area contributed by atoms with Crippen molar-refractivity contribution in [3.8, 4) is 0 Å². The second-order valence-corrected chi connectivity index (χ2v) is 7.10. The van der Waals surface area contributed by atoms with E-state index in [9.17, 15) is 4.79 Å². The zero-order valence-corrected chi connectivity index (χ0v) is 16.5. The van der Waals surface area contributed by atoms with E-state index < -0.39 is 0 Å². The third-order valence-corrected chi connectivity index (χ3v) is 4.80. The van der Waals surface area contributed by atoms with Crippen molar-refractivity contribution in [3.63, 3.8) is 0 Å². The van der Waals surface area contributed by atoms with Crippen molar-refractivity contribution in [2.45, 2.75) is 32.7 Å². The van der Waals surface area contributed by atoms with Crippen LogP contribution in [0.3, 0.4) is 0 Å². The maximum absolute atomic E-state index is 12.8. The molecule has 8 heteroatoms. The predicted octanol–water partition coefficient (Wildman–Crippen LogP) is 3.33. The molecule has 3 aromatic rings. The number of aryl methyl sites for hydroxylation is 2. The van der Waals surface area contributed by atoms with Crippen LogP contribution in [0, 0.1) is 13.8 Å². The summed E-state index contributed by atoms with van der Waals surface area (Å²) in [5, 5.41) is 10.3. The fourth-order valence-corrected chi connectivity index (χ4v) is 3.51. The third-order valence-electron chi connectivity index (χ3n) is 4.80. The first-order valence-corrected chi connectivity index (χ1v) is 9.62. The van der Waals surface area contributed by atoms with Crippen molar-refractivity contribution in [1.82, 2.24) is 30.0 Å². The second kappa shape index (κ2) is 8.22. The molecule has 0 aromatic carbocycles. The Kier molecular flexibility index (Phi) is 5.33. The first-order valence-electron chi connectivity index (χ1n) is 9.62. The molecule has 0 radical (unpaired) electrons. The van der Waals surface area contributed by atoms with Crippen LogP contribution in [0.4, 0.5) is 11.6 Å². The average molecular weight is 389 g/mol. The fourth-order valence-electron chi connectivity index (χ4n) is 3.51. The number of aromatic nitrogens is 5. The molecule has 148 valence electrons. The zero-order chi connectivity index (χ0) is 20.2. The molecule has 0 spiro atoms. The molecule has 2 N–H and O–H groups in total. The number of amides is 1. The highest BCUT2D eigenvalue weighted by Gasteiger charge is 2.30. The first-order chi connectivity index (χ1) is 14.1. The lowest BCUT2D eigenvalue weighted by molar-refractivity contribution is -0.126. The Labute approximate surface area is 169 Å². The Morgan fingerprint density at radius 2 is 2.17 bits per heavy atom. The summed E-state index contributed by atoms with van der Waals surface area (Å²) >= 11 is 0. The van der Waals surface area contributed by atoms with E-state index in [1.54, 1.807) is 24.5 Å². The maximum Gasteiger partial charge on any atom is 0.247 e. The van der Waals surface area contributed by atoms with Gasteiger partial charge in [0.25, 0.3) is 0 Å². The van der Waals surface area contributed by atoms with Crippen molar-refractivity contribution in [1.29, 1.82) is 0 Å². The lowest BCUT2D eigenvalue weighted by Gasteiger charge is -2.23. The van der Waals surface area contributed by atoms with Gasteiger partial charge in [-0.3, -0.25) is 14.9 Å². The number of rotatable bonds is 5. The number of pyridine rings is 1. The Bertz CT molecular complexity index is 1030. The van der Waals surface area contributed by atoms with Gasteiger partial charge in [0.15, 0.2) is 5.82 Å². The molecule has 4 rings (SSSR count). The van der Waals surface area contributed by atoms with Gasteiger partial charge in [0, 0.05) is 42.8 Å². The van der Waals surface area contributed by atoms with Crippen molar-refractivity contribution >= 4 is 23.6 Å². The van der Waals surface area contributed by atoms with Crippen LogP contribution in [0.5, 0.6) is 0 Å². The largest absolute Gasteiger partial charge is 0.331 e. The SMILES string of the molecule is Cc1nc(Nc2cc(C)[nH]n2)cc([C@@H]2CCCN2C(=O)/C=C/c2cccnc2)n1. The van der Waals surface area contributed by atoms with Crippen LogP contribution in [0.25, 0.3) is 6.08 Å². The molecule has 0 unspecified atom stereocenters. The molecular weight excluding hydrogens is 366 g/mol. The normalized spacial score (nSPS) is 16.5. The van der Waals surface area contributed by atoms with Crippen molar-refractivity contribution < 1.29 is 4.79 Å². The summed E-state index contributed by atoms with van der Waals surface area (Å²) < 4.78 is 0. The van der Waals surface area contributed by atoms with Gasteiger partial charge >= 0.3 is 0 Å². The number of carbonyl (C=O) groups excluding carboxylic acids is 1. The van der Waals surface area contributed by atoms with Gasteiger partial charge in [-0.05, 0) is 44.4 Å². The Balaban J connectivity index is 1.53. The smallest absolute Gasteiger partial charge is 0.247 e. The van der Waals surface area contributed by atoms with Gasteiger partial charge in [-0.15, -0.1) is 0 Å². The van der Waals surface area contributed by atoms with Gasteiger partial charge in [0.2, 0.25) is 5.91 Å². The summed E-state index contributed by atoms with van der Waals surface area (Å²) in [6, 6.07) is 7.51. The molecule has 0 bridgehead atoms. The van der Waals surface area contributed by atoms with E-state index in [0.29, 0.717) is 24.0 Å². The van der Waals surface area contributed by atoms with Gasteiger partial charge in [0.1, 0.15) is 11.6 Å². The summed E-state index contributed by atoms with van der Waals surface area (Å²) in [5.74, 6) is 2.00. The maximum atomic E-state index is 12.8. The van der Waals surface area contributed by atoms with Crippen LogP contribution in [-0.2, 0) is 4.79 Å². The summed E-state index contributed by atoms with van der Waals surface area (Å²) in [6.45, 7) is 4.51. The van der Waals surface area contributed by atoms with Gasteiger partial charge in [-0.25, -0.2) is 9.97 Å². The number of hydrogen-bond acceptors (Lipinski definition) is 6. The van der Waals surface area contributed by atoms with E-state index in [1.807, 2.05) is 43.0 Å². The topological polar surface area (TPSA) is 99.7 Å². The number of carbonyl (C=O) groups is 1. The van der Waals surface area contributed by atoms with E-state index in [0.717, 1.165) is 29.8 Å². The lowest BCUT2D eigenvalue weighted by Crippen LogP contribution is -2.29. The molecule has 0 saturated carbocycles. The van der Waals surface area contributed by atoms with Crippen molar-refractivity contribution in [3.05, 3.63) is 65.5 Å². The monoisotopic (exact) mass is 389 g/mol. The van der Waals surface area contributed by atoms with Crippen LogP contribution >= 0.6 is 0 Å². The number of aromatic amines is 1. The lowest BCUT2D eigenvalue weighted by atomic mass is 10.1. The number of nitrogens with one attached hydrogen (secondary N) is 2. The fraction of sp³-hybridized carbons (Fsp3) is 0.286. The second-order valence-electron chi connectivity index (χ2n) is 7.10. The van der Waals surface area contributed by atoms with Gasteiger partial charge < -0.3 is 10.2 Å². The summed E-state index contributed by atoms with van der Waals surface area (Å²) in [6.07, 6.45) is 8.67. The van der Waals surface area contributed by atoms with E-state index in [4.69, 9.17) is 0 Å². The van der Waals surface area contributed by atoms with E-state index in [-0.39, 0.29) is 11.9 Å². The average Bonchev–Trinajstić information content (AvgIpc) is 3.36. The molecular formula is C21H23N7O. The third kappa shape index (κ3) is 4.48. The molecule has 0 aliphatic carbocycles. The molecule has 3 aromatic heterocycles. The van der Waals surface area contributed by atoms with Crippen LogP contribution in [0.1, 0.15) is 41.7 Å². The molecule has 1 fully saturated rings. The number of nitrogens with zero attached hydrogens (tertiary/aromatic N) is 5. The number of likely N-dealkylation sites (tertiary alicyclic amines) is 1. The molecule has 1 amide bonds. The van der Waals surface area contributed by atoms with E-state index >= 15 is 0 Å². The molecule has 4 heterocycles. The molecule has 1 atom stereocenters. The van der Waals surface area contributed by atoms with Crippen LogP contribution in [0.2, 0.25) is 0 Å². The molecule has 29 heavy (non-hydrogen) atoms. The van der Waals surface area contributed by atoms with Crippen molar-refractivity contribution in [2.75, 3.05) is 11.9 Å². The van der Waals surface area contributed by atoms with Crippen LogP contribution in [0.15, 0.2) is 42.7 Å². The molecule has 1 saturated heterocycles. The van der Waals surface area contributed by atoms with Crippen molar-refractivity contribution in [2.24, 2.45) is 0 Å². The minimum atomic E-state index is -0.0655. The standard InChI is InChI=1S/C21H23N7O/c1-14-11-20(27-26-14)25-19-12-17(23-15(2)24-19)18-6-4-10-28(18)21(29)8-7-16-5-3-9-22-13-16/h3,5,7-9,11-13,18H,4,6,10H2,1-2H3,(H2,23,24,25,26,27)/b8-7+/t18-/m0/s1. The number of hydrogen-bond donors (Lipinski definition) is 2. The van der Waals surface area contributed by atoms with Gasteiger partial charge in [0.05, 0.1) is 11.7 Å².